The first-order valence-electron chi connectivity index (χ1n) is 8.43. The van der Waals surface area contributed by atoms with Crippen molar-refractivity contribution in [3.05, 3.63) is 71.6 Å². The molecule has 2 nitrogen and oxygen atoms in total. The molecule has 3 heteroatoms. The van der Waals surface area contributed by atoms with Crippen LogP contribution in [0.4, 0.5) is 5.69 Å². The van der Waals surface area contributed by atoms with Gasteiger partial charge in [0.05, 0.1) is 6.61 Å². The quantitative estimate of drug-likeness (QED) is 0.417. The van der Waals surface area contributed by atoms with Crippen LogP contribution in [0, 0.1) is 0 Å². The summed E-state index contributed by atoms with van der Waals surface area (Å²) < 4.78 is 6.02. The predicted molar refractivity (Wildman–Crippen MR) is 104 cm³/mol. The van der Waals surface area contributed by atoms with Crippen LogP contribution >= 0.6 is 11.3 Å². The molecule has 24 heavy (non-hydrogen) atoms. The number of rotatable bonds is 8. The molecule has 0 spiro atoms. The van der Waals surface area contributed by atoms with E-state index in [-0.39, 0.29) is 0 Å². The van der Waals surface area contributed by atoms with Gasteiger partial charge >= 0.3 is 0 Å². The minimum Gasteiger partial charge on any atom is -0.493 e. The molecule has 2 N–H and O–H groups in total. The molecule has 0 aliphatic rings. The highest BCUT2D eigenvalue weighted by atomic mass is 32.1. The Morgan fingerprint density at radius 2 is 1.75 bits per heavy atom. The van der Waals surface area contributed by atoms with Gasteiger partial charge in [0.15, 0.2) is 0 Å². The Hall–Kier alpha value is -2.26. The van der Waals surface area contributed by atoms with Crippen LogP contribution in [-0.2, 0) is 6.42 Å². The monoisotopic (exact) mass is 337 g/mol. The van der Waals surface area contributed by atoms with Crippen molar-refractivity contribution in [2.24, 2.45) is 0 Å². The lowest BCUT2D eigenvalue weighted by atomic mass is 10.1. The molecule has 3 aromatic rings. The van der Waals surface area contributed by atoms with Gasteiger partial charge in [-0.1, -0.05) is 36.4 Å². The van der Waals surface area contributed by atoms with Crippen LogP contribution in [0.1, 0.15) is 24.8 Å². The summed E-state index contributed by atoms with van der Waals surface area (Å²) in [7, 11) is 0. The average molecular weight is 337 g/mol. The van der Waals surface area contributed by atoms with Gasteiger partial charge in [-0.05, 0) is 60.9 Å². The Bertz CT molecular complexity index is 738. The third kappa shape index (κ3) is 4.62. The second-order valence-corrected chi connectivity index (χ2v) is 6.83. The second-order valence-electron chi connectivity index (χ2n) is 5.88. The molecule has 0 unspecified atom stereocenters. The number of unbranched alkanes of at least 4 members (excludes halogenated alkanes) is 2. The third-order valence-corrected chi connectivity index (χ3v) is 4.90. The van der Waals surface area contributed by atoms with Crippen LogP contribution in [0.3, 0.4) is 0 Å². The fourth-order valence-corrected chi connectivity index (χ4v) is 3.48. The largest absolute Gasteiger partial charge is 0.493 e. The zero-order chi connectivity index (χ0) is 16.6. The van der Waals surface area contributed by atoms with Gasteiger partial charge in [0.2, 0.25) is 0 Å². The van der Waals surface area contributed by atoms with Crippen molar-refractivity contribution in [1.29, 1.82) is 0 Å². The predicted octanol–water partition coefficient (Wildman–Crippen LogP) is 5.79. The van der Waals surface area contributed by atoms with E-state index < -0.39 is 0 Å². The molecule has 0 aliphatic carbocycles. The molecular weight excluding hydrogens is 314 g/mol. The topological polar surface area (TPSA) is 35.2 Å². The van der Waals surface area contributed by atoms with E-state index in [2.05, 4.69) is 47.8 Å². The van der Waals surface area contributed by atoms with Crippen molar-refractivity contribution < 1.29 is 4.74 Å². The standard InChI is InChI=1S/C21H23NOS/c22-18-12-13-20(19(16-18)21-11-7-15-24-21)23-14-6-2-5-10-17-8-3-1-4-9-17/h1,3-4,7-9,11-13,15-16H,2,5-6,10,14,22H2. The summed E-state index contributed by atoms with van der Waals surface area (Å²) in [5.41, 5.74) is 9.21. The van der Waals surface area contributed by atoms with E-state index in [0.717, 1.165) is 36.4 Å². The summed E-state index contributed by atoms with van der Waals surface area (Å²) in [5.74, 6) is 0.926. The van der Waals surface area contributed by atoms with E-state index in [0.29, 0.717) is 0 Å². The van der Waals surface area contributed by atoms with E-state index in [4.69, 9.17) is 10.5 Å². The number of ether oxygens (including phenoxy) is 1. The van der Waals surface area contributed by atoms with E-state index in [1.54, 1.807) is 11.3 Å². The number of nitrogen functional groups attached to an aromatic ring is 1. The van der Waals surface area contributed by atoms with Crippen molar-refractivity contribution in [1.82, 2.24) is 0 Å². The Labute approximate surface area is 147 Å². The molecule has 0 atom stereocenters. The van der Waals surface area contributed by atoms with Crippen molar-refractivity contribution in [2.75, 3.05) is 12.3 Å². The number of nitrogens with two attached hydrogens (primary N) is 1. The number of aryl methyl sites for hydroxylation is 1. The fraction of sp³-hybridized carbons (Fsp3) is 0.238. The number of anilines is 1. The summed E-state index contributed by atoms with van der Waals surface area (Å²) in [6.07, 6.45) is 4.59. The Morgan fingerprint density at radius 3 is 2.54 bits per heavy atom. The van der Waals surface area contributed by atoms with Crippen molar-refractivity contribution >= 4 is 17.0 Å². The first-order chi connectivity index (χ1) is 11.8. The first kappa shape index (κ1) is 16.6. The molecule has 1 aromatic heterocycles. The summed E-state index contributed by atoms with van der Waals surface area (Å²) in [6, 6.07) is 20.7. The van der Waals surface area contributed by atoms with Crippen LogP contribution in [0.5, 0.6) is 5.75 Å². The molecule has 0 amide bonds. The van der Waals surface area contributed by atoms with Crippen LogP contribution < -0.4 is 10.5 Å². The zero-order valence-corrected chi connectivity index (χ0v) is 14.6. The highest BCUT2D eigenvalue weighted by Crippen LogP contribution is 2.34. The van der Waals surface area contributed by atoms with Gasteiger partial charge < -0.3 is 10.5 Å². The van der Waals surface area contributed by atoms with Crippen LogP contribution in [-0.4, -0.2) is 6.61 Å². The van der Waals surface area contributed by atoms with Gasteiger partial charge in [-0.15, -0.1) is 11.3 Å². The van der Waals surface area contributed by atoms with Gasteiger partial charge in [0.25, 0.3) is 0 Å². The second kappa shape index (κ2) is 8.55. The summed E-state index contributed by atoms with van der Waals surface area (Å²) in [4.78, 5) is 1.20. The summed E-state index contributed by atoms with van der Waals surface area (Å²) in [6.45, 7) is 0.747. The molecular formula is C21H23NOS. The molecule has 0 bridgehead atoms. The minimum absolute atomic E-state index is 0.747. The van der Waals surface area contributed by atoms with E-state index >= 15 is 0 Å². The minimum atomic E-state index is 0.747. The SMILES string of the molecule is Nc1ccc(OCCCCCc2ccccc2)c(-c2cccs2)c1. The van der Waals surface area contributed by atoms with Gasteiger partial charge in [0.1, 0.15) is 5.75 Å². The maximum Gasteiger partial charge on any atom is 0.128 e. The van der Waals surface area contributed by atoms with E-state index in [9.17, 15) is 0 Å². The summed E-state index contributed by atoms with van der Waals surface area (Å²) in [5, 5.41) is 2.08. The molecule has 2 aromatic carbocycles. The average Bonchev–Trinajstić information content (AvgIpc) is 3.14. The Kier molecular flexibility index (Phi) is 5.91. The molecule has 0 radical (unpaired) electrons. The van der Waals surface area contributed by atoms with Gasteiger partial charge in [-0.3, -0.25) is 0 Å². The maximum absolute atomic E-state index is 6.02. The molecule has 0 aliphatic heterocycles. The lowest BCUT2D eigenvalue weighted by Gasteiger charge is -2.11. The van der Waals surface area contributed by atoms with Crippen LogP contribution in [0.15, 0.2) is 66.0 Å². The Balaban J connectivity index is 1.47. The molecule has 124 valence electrons. The first-order valence-corrected chi connectivity index (χ1v) is 9.31. The van der Waals surface area contributed by atoms with Crippen molar-refractivity contribution in [3.63, 3.8) is 0 Å². The zero-order valence-electron chi connectivity index (χ0n) is 13.8. The number of thiophene rings is 1. The van der Waals surface area contributed by atoms with Gasteiger partial charge in [-0.25, -0.2) is 0 Å². The third-order valence-electron chi connectivity index (χ3n) is 4.00. The highest BCUT2D eigenvalue weighted by Gasteiger charge is 2.08. The lowest BCUT2D eigenvalue weighted by Crippen LogP contribution is -1.99. The van der Waals surface area contributed by atoms with E-state index in [1.165, 1.54) is 23.3 Å². The Morgan fingerprint density at radius 1 is 0.875 bits per heavy atom. The molecule has 0 fully saturated rings. The fourth-order valence-electron chi connectivity index (χ4n) is 2.73. The van der Waals surface area contributed by atoms with Crippen molar-refractivity contribution in [2.45, 2.75) is 25.7 Å². The molecule has 0 saturated carbocycles. The van der Waals surface area contributed by atoms with Gasteiger partial charge in [0, 0.05) is 16.1 Å². The van der Waals surface area contributed by atoms with Crippen molar-refractivity contribution in [3.8, 4) is 16.2 Å². The van der Waals surface area contributed by atoms with Crippen LogP contribution in [0.25, 0.3) is 10.4 Å². The maximum atomic E-state index is 6.02. The normalized spacial score (nSPS) is 10.7. The lowest BCUT2D eigenvalue weighted by molar-refractivity contribution is 0.306. The number of hydrogen-bond donors (Lipinski definition) is 1. The number of benzene rings is 2. The highest BCUT2D eigenvalue weighted by molar-refractivity contribution is 7.13. The van der Waals surface area contributed by atoms with Gasteiger partial charge in [-0.2, -0.15) is 0 Å². The summed E-state index contributed by atoms with van der Waals surface area (Å²) >= 11 is 1.71. The molecule has 0 saturated heterocycles. The molecule has 1 heterocycles. The smallest absolute Gasteiger partial charge is 0.128 e. The number of hydrogen-bond acceptors (Lipinski definition) is 3. The molecule has 3 rings (SSSR count). The van der Waals surface area contributed by atoms with E-state index in [1.807, 2.05) is 18.2 Å². The van der Waals surface area contributed by atoms with Crippen LogP contribution in [0.2, 0.25) is 0 Å².